The van der Waals surface area contributed by atoms with Crippen LogP contribution in [-0.2, 0) is 0 Å². The molecule has 0 saturated carbocycles. The standard InChI is InChI=1S/C5H12NO2P/c1-3-5(7,4-2)9-6-8/h7,9H,3-4H2,1-2H3. The van der Waals surface area contributed by atoms with Crippen LogP contribution in [0.2, 0.25) is 0 Å². The smallest absolute Gasteiger partial charge is 0.104 e. The van der Waals surface area contributed by atoms with Crippen LogP contribution in [0.1, 0.15) is 26.7 Å². The van der Waals surface area contributed by atoms with Crippen molar-refractivity contribution >= 4 is 8.73 Å². The first-order chi connectivity index (χ1) is 4.18. The lowest BCUT2D eigenvalue weighted by Gasteiger charge is -2.19. The third-order valence-corrected chi connectivity index (χ3v) is 2.64. The Labute approximate surface area is 56.7 Å². The third kappa shape index (κ3) is 2.87. The van der Waals surface area contributed by atoms with E-state index >= 15 is 0 Å². The summed E-state index contributed by atoms with van der Waals surface area (Å²) in [5.74, 6) is 0. The molecule has 0 fully saturated rings. The van der Waals surface area contributed by atoms with Gasteiger partial charge in [0.15, 0.2) is 0 Å². The predicted molar refractivity (Wildman–Crippen MR) is 39.6 cm³/mol. The SMILES string of the molecule is CCC(O)(CC)PN=O. The molecule has 0 aliphatic heterocycles. The first kappa shape index (κ1) is 8.99. The average Bonchev–Trinajstić information content (AvgIpc) is 1.89. The number of nitroso groups, excluding NO2 is 1. The topological polar surface area (TPSA) is 49.7 Å². The van der Waals surface area contributed by atoms with E-state index in [1.54, 1.807) is 0 Å². The number of nitrogens with zero attached hydrogens (tertiary/aromatic N) is 1. The maximum Gasteiger partial charge on any atom is 0.104 e. The molecule has 1 atom stereocenters. The molecule has 9 heavy (non-hydrogen) atoms. The molecule has 0 aromatic carbocycles. The average molecular weight is 149 g/mol. The Morgan fingerprint density at radius 2 is 2.00 bits per heavy atom. The van der Waals surface area contributed by atoms with E-state index in [4.69, 9.17) is 0 Å². The van der Waals surface area contributed by atoms with Crippen LogP contribution in [-0.4, -0.2) is 10.4 Å². The highest BCUT2D eigenvalue weighted by atomic mass is 31.1. The van der Waals surface area contributed by atoms with Crippen molar-refractivity contribution in [1.82, 2.24) is 0 Å². The van der Waals surface area contributed by atoms with Gasteiger partial charge in [0.25, 0.3) is 0 Å². The largest absolute Gasteiger partial charge is 0.384 e. The van der Waals surface area contributed by atoms with Gasteiger partial charge in [0.2, 0.25) is 0 Å². The Balaban J connectivity index is 3.75. The lowest BCUT2D eigenvalue weighted by atomic mass is 10.2. The maximum atomic E-state index is 9.74. The van der Waals surface area contributed by atoms with E-state index in [0.29, 0.717) is 12.8 Å². The van der Waals surface area contributed by atoms with Gasteiger partial charge < -0.3 is 5.11 Å². The Morgan fingerprint density at radius 1 is 1.56 bits per heavy atom. The summed E-state index contributed by atoms with van der Waals surface area (Å²) >= 11 is 0. The summed E-state index contributed by atoms with van der Waals surface area (Å²) in [5, 5.41) is 8.53. The van der Waals surface area contributed by atoms with Crippen LogP contribution < -0.4 is 0 Å². The van der Waals surface area contributed by atoms with E-state index in [9.17, 15) is 10.0 Å². The minimum absolute atomic E-state index is 0.216. The molecule has 0 bridgehead atoms. The highest BCUT2D eigenvalue weighted by Crippen LogP contribution is 2.35. The van der Waals surface area contributed by atoms with Crippen LogP contribution in [0.3, 0.4) is 0 Å². The Bertz CT molecular complexity index is 93.0. The van der Waals surface area contributed by atoms with E-state index in [1.165, 1.54) is 0 Å². The van der Waals surface area contributed by atoms with E-state index in [0.717, 1.165) is 0 Å². The molecule has 54 valence electrons. The molecule has 0 heterocycles. The van der Waals surface area contributed by atoms with Crippen molar-refractivity contribution < 1.29 is 5.11 Å². The maximum absolute atomic E-state index is 9.74. The van der Waals surface area contributed by atoms with Gasteiger partial charge in [0.1, 0.15) is 5.34 Å². The summed E-state index contributed by atoms with van der Waals surface area (Å²) in [7, 11) is -0.216. The molecule has 0 spiro atoms. The monoisotopic (exact) mass is 149 g/mol. The molecular weight excluding hydrogens is 137 g/mol. The molecular formula is C5H12NO2P. The Kier molecular flexibility index (Phi) is 3.91. The van der Waals surface area contributed by atoms with Crippen LogP contribution in [0.15, 0.2) is 4.95 Å². The lowest BCUT2D eigenvalue weighted by molar-refractivity contribution is 0.125. The molecule has 0 rings (SSSR count). The number of hydrogen-bond donors (Lipinski definition) is 1. The fraction of sp³-hybridized carbons (Fsp3) is 1.00. The predicted octanol–water partition coefficient (Wildman–Crippen LogP) is 1.85. The molecule has 0 aliphatic carbocycles. The van der Waals surface area contributed by atoms with Crippen molar-refractivity contribution in [2.24, 2.45) is 4.95 Å². The zero-order valence-electron chi connectivity index (χ0n) is 5.72. The van der Waals surface area contributed by atoms with Gasteiger partial charge in [-0.1, -0.05) is 13.8 Å². The quantitative estimate of drug-likeness (QED) is 0.489. The van der Waals surface area contributed by atoms with Crippen molar-refractivity contribution in [2.75, 3.05) is 0 Å². The number of hydrogen-bond acceptors (Lipinski definition) is 3. The minimum atomic E-state index is -0.818. The summed E-state index contributed by atoms with van der Waals surface area (Å²) in [4.78, 5) is 12.4. The fourth-order valence-corrected chi connectivity index (χ4v) is 0.979. The van der Waals surface area contributed by atoms with Gasteiger partial charge in [-0.2, -0.15) is 0 Å². The summed E-state index contributed by atoms with van der Waals surface area (Å²) < 4.78 is 0. The van der Waals surface area contributed by atoms with Gasteiger partial charge in [-0.05, 0) is 17.8 Å². The molecule has 0 aliphatic rings. The van der Waals surface area contributed by atoms with Crippen molar-refractivity contribution in [2.45, 2.75) is 32.0 Å². The third-order valence-electron chi connectivity index (χ3n) is 1.42. The molecule has 1 unspecified atom stereocenters. The molecule has 3 nitrogen and oxygen atoms in total. The second-order valence-corrected chi connectivity index (χ2v) is 3.28. The van der Waals surface area contributed by atoms with Crippen molar-refractivity contribution in [3.8, 4) is 0 Å². The summed E-state index contributed by atoms with van der Waals surface area (Å²) in [6, 6.07) is 0. The molecule has 0 aromatic rings. The molecule has 4 heteroatoms. The molecule has 0 aromatic heterocycles. The zero-order chi connectivity index (χ0) is 7.33. The molecule has 1 N–H and O–H groups in total. The van der Waals surface area contributed by atoms with Gasteiger partial charge in [0.05, 0.1) is 8.73 Å². The Morgan fingerprint density at radius 3 is 2.11 bits per heavy atom. The van der Waals surface area contributed by atoms with Crippen LogP contribution >= 0.6 is 8.73 Å². The highest BCUT2D eigenvalue weighted by molar-refractivity contribution is 7.37. The summed E-state index contributed by atoms with van der Waals surface area (Å²) in [5.41, 5.74) is 0. The van der Waals surface area contributed by atoms with E-state index < -0.39 is 5.34 Å². The van der Waals surface area contributed by atoms with E-state index in [-0.39, 0.29) is 8.73 Å². The Hall–Kier alpha value is -0.0100. The van der Waals surface area contributed by atoms with Crippen LogP contribution in [0.5, 0.6) is 0 Å². The minimum Gasteiger partial charge on any atom is -0.384 e. The molecule has 0 saturated heterocycles. The fourth-order valence-electron chi connectivity index (χ4n) is 0.493. The van der Waals surface area contributed by atoms with Crippen LogP contribution in [0.25, 0.3) is 0 Å². The van der Waals surface area contributed by atoms with Crippen LogP contribution in [0, 0.1) is 4.91 Å². The van der Waals surface area contributed by atoms with Crippen molar-refractivity contribution in [3.05, 3.63) is 4.91 Å². The molecule has 0 radical (unpaired) electrons. The first-order valence-corrected chi connectivity index (χ1v) is 3.95. The number of aliphatic hydroxyl groups is 1. The van der Waals surface area contributed by atoms with Gasteiger partial charge in [-0.15, -0.1) is 4.91 Å². The van der Waals surface area contributed by atoms with E-state index in [2.05, 4.69) is 4.95 Å². The van der Waals surface area contributed by atoms with E-state index in [1.807, 2.05) is 13.8 Å². The second kappa shape index (κ2) is 3.91. The van der Waals surface area contributed by atoms with Gasteiger partial charge in [-0.25, -0.2) is 0 Å². The van der Waals surface area contributed by atoms with Gasteiger partial charge >= 0.3 is 0 Å². The first-order valence-electron chi connectivity index (χ1n) is 3.00. The van der Waals surface area contributed by atoms with Gasteiger partial charge in [-0.3, -0.25) is 0 Å². The lowest BCUT2D eigenvalue weighted by Crippen LogP contribution is -2.18. The summed E-state index contributed by atoms with van der Waals surface area (Å²) in [6.45, 7) is 3.70. The normalized spacial score (nSPS) is 12.8. The number of rotatable bonds is 4. The highest BCUT2D eigenvalue weighted by Gasteiger charge is 2.22. The van der Waals surface area contributed by atoms with Crippen LogP contribution in [0.4, 0.5) is 0 Å². The zero-order valence-corrected chi connectivity index (χ0v) is 6.72. The molecule has 0 amide bonds. The van der Waals surface area contributed by atoms with Gasteiger partial charge in [0, 0.05) is 0 Å². The van der Waals surface area contributed by atoms with Crippen molar-refractivity contribution in [1.29, 1.82) is 0 Å². The summed E-state index contributed by atoms with van der Waals surface area (Å²) in [6.07, 6.45) is 1.21. The second-order valence-electron chi connectivity index (χ2n) is 1.94. The van der Waals surface area contributed by atoms with Crippen molar-refractivity contribution in [3.63, 3.8) is 0 Å².